The van der Waals surface area contributed by atoms with Crippen molar-refractivity contribution in [3.63, 3.8) is 0 Å². The van der Waals surface area contributed by atoms with Crippen LogP contribution in [0.15, 0.2) is 0 Å². The van der Waals surface area contributed by atoms with E-state index in [1.54, 1.807) is 13.8 Å². The van der Waals surface area contributed by atoms with Gasteiger partial charge in [-0.25, -0.2) is 0 Å². The maximum Gasteiger partial charge on any atom is 0.303 e. The van der Waals surface area contributed by atoms with Gasteiger partial charge in [0.25, 0.3) is 0 Å². The lowest BCUT2D eigenvalue weighted by molar-refractivity contribution is -0.246. The highest BCUT2D eigenvalue weighted by Crippen LogP contribution is 2.39. The maximum absolute atomic E-state index is 12.1. The highest BCUT2D eigenvalue weighted by atomic mass is 16.5. The number of aliphatic carboxylic acids is 1. The quantitative estimate of drug-likeness (QED) is 0.784. The van der Waals surface area contributed by atoms with Crippen molar-refractivity contribution in [3.05, 3.63) is 0 Å². The van der Waals surface area contributed by atoms with E-state index >= 15 is 0 Å². The van der Waals surface area contributed by atoms with E-state index in [-0.39, 0.29) is 24.8 Å². The Bertz CT molecular complexity index is 352. The van der Waals surface area contributed by atoms with Gasteiger partial charge in [0, 0.05) is 12.0 Å². The summed E-state index contributed by atoms with van der Waals surface area (Å²) in [5.74, 6) is -1.32. The van der Waals surface area contributed by atoms with Crippen molar-refractivity contribution in [1.29, 1.82) is 0 Å². The van der Waals surface area contributed by atoms with E-state index in [4.69, 9.17) is 5.11 Å². The molecule has 6 nitrogen and oxygen atoms in total. The number of carbonyl (C=O) groups excluding carboxylic acids is 1. The van der Waals surface area contributed by atoms with E-state index in [0.29, 0.717) is 6.42 Å². The molecule has 1 amide bonds. The number of amides is 1. The highest BCUT2D eigenvalue weighted by Gasteiger charge is 2.52. The Morgan fingerprint density at radius 3 is 2.22 bits per heavy atom. The molecule has 1 fully saturated rings. The van der Waals surface area contributed by atoms with Crippen molar-refractivity contribution in [2.24, 2.45) is 0 Å². The number of hydroxylamine groups is 2. The summed E-state index contributed by atoms with van der Waals surface area (Å²) in [6.07, 6.45) is 0.312. The molecule has 18 heavy (non-hydrogen) atoms. The fourth-order valence-corrected chi connectivity index (χ4v) is 2.47. The van der Waals surface area contributed by atoms with Crippen LogP contribution in [0.25, 0.3) is 0 Å². The van der Waals surface area contributed by atoms with Gasteiger partial charge in [-0.2, -0.15) is 0 Å². The number of rotatable bonds is 4. The van der Waals surface area contributed by atoms with Crippen LogP contribution in [0.3, 0.4) is 0 Å². The second kappa shape index (κ2) is 4.85. The Morgan fingerprint density at radius 1 is 1.28 bits per heavy atom. The first-order chi connectivity index (χ1) is 8.07. The Labute approximate surface area is 107 Å². The molecular formula is C12H21N2O4. The van der Waals surface area contributed by atoms with Crippen LogP contribution in [0.5, 0.6) is 0 Å². The number of carboxylic acids is 1. The molecule has 0 spiro atoms. The molecular weight excluding hydrogens is 236 g/mol. The lowest BCUT2D eigenvalue weighted by Gasteiger charge is -2.33. The second-order valence-electron chi connectivity index (χ2n) is 5.98. The second-order valence-corrected chi connectivity index (χ2v) is 5.98. The number of hydrogen-bond donors (Lipinski definition) is 2. The smallest absolute Gasteiger partial charge is 0.303 e. The SMILES string of the molecule is CC1(C)CC(NC(=O)CCC(=O)O)C(C)(C)N1[O]. The highest BCUT2D eigenvalue weighted by molar-refractivity contribution is 5.80. The van der Waals surface area contributed by atoms with Crippen LogP contribution in [0.4, 0.5) is 0 Å². The zero-order chi connectivity index (χ0) is 14.1. The average molecular weight is 257 g/mol. The lowest BCUT2D eigenvalue weighted by Crippen LogP contribution is -2.52. The van der Waals surface area contributed by atoms with E-state index < -0.39 is 17.0 Å². The van der Waals surface area contributed by atoms with Gasteiger partial charge >= 0.3 is 5.97 Å². The normalized spacial score (nSPS) is 25.9. The molecule has 1 heterocycles. The van der Waals surface area contributed by atoms with Crippen LogP contribution in [-0.2, 0) is 14.8 Å². The Morgan fingerprint density at radius 2 is 1.83 bits per heavy atom. The van der Waals surface area contributed by atoms with Gasteiger partial charge in [0.2, 0.25) is 5.91 Å². The van der Waals surface area contributed by atoms with Gasteiger partial charge in [-0.05, 0) is 34.1 Å². The predicted molar refractivity (Wildman–Crippen MR) is 64.1 cm³/mol. The molecule has 103 valence electrons. The Kier molecular flexibility index (Phi) is 4.02. The zero-order valence-corrected chi connectivity index (χ0v) is 11.3. The third-order valence-electron chi connectivity index (χ3n) is 3.53. The summed E-state index contributed by atoms with van der Waals surface area (Å²) in [6, 6.07) is -0.258. The molecule has 1 aliphatic heterocycles. The molecule has 6 heteroatoms. The van der Waals surface area contributed by atoms with Crippen LogP contribution in [0.2, 0.25) is 0 Å². The third kappa shape index (κ3) is 3.00. The summed E-state index contributed by atoms with van der Waals surface area (Å²) in [7, 11) is 0. The summed E-state index contributed by atoms with van der Waals surface area (Å²) in [4.78, 5) is 22.0. The lowest BCUT2D eigenvalue weighted by atomic mass is 9.94. The van der Waals surface area contributed by atoms with Crippen LogP contribution in [-0.4, -0.2) is 39.2 Å². The van der Waals surface area contributed by atoms with E-state index in [9.17, 15) is 14.8 Å². The van der Waals surface area contributed by atoms with E-state index in [0.717, 1.165) is 5.06 Å². The molecule has 0 aromatic rings. The molecule has 1 aliphatic rings. The summed E-state index contributed by atoms with van der Waals surface area (Å²) in [6.45, 7) is 7.25. The van der Waals surface area contributed by atoms with Crippen LogP contribution in [0.1, 0.15) is 47.0 Å². The Balaban J connectivity index is 2.63. The number of hydrogen-bond acceptors (Lipinski definition) is 3. The molecule has 1 rings (SSSR count). The first kappa shape index (κ1) is 14.9. The molecule has 0 bridgehead atoms. The monoisotopic (exact) mass is 257 g/mol. The topological polar surface area (TPSA) is 89.5 Å². The first-order valence-corrected chi connectivity index (χ1v) is 6.06. The van der Waals surface area contributed by atoms with E-state index in [2.05, 4.69) is 5.32 Å². The largest absolute Gasteiger partial charge is 0.481 e. The molecule has 0 aromatic heterocycles. The molecule has 0 saturated carbocycles. The van der Waals surface area contributed by atoms with E-state index in [1.165, 1.54) is 0 Å². The predicted octanol–water partition coefficient (Wildman–Crippen LogP) is 0.944. The van der Waals surface area contributed by atoms with Gasteiger partial charge in [-0.3, -0.25) is 9.59 Å². The standard InChI is InChI=1S/C12H21N2O4/c1-11(2)7-8(12(3,4)14(11)18)13-9(15)5-6-10(16)17/h8H,5-7H2,1-4H3,(H,13,15)(H,16,17). The Hall–Kier alpha value is -1.14. The van der Waals surface area contributed by atoms with Crippen molar-refractivity contribution in [2.45, 2.75) is 64.1 Å². The molecule has 1 atom stereocenters. The van der Waals surface area contributed by atoms with Crippen molar-refractivity contribution in [1.82, 2.24) is 10.4 Å². The zero-order valence-electron chi connectivity index (χ0n) is 11.3. The average Bonchev–Trinajstić information content (AvgIpc) is 2.37. The van der Waals surface area contributed by atoms with Gasteiger partial charge < -0.3 is 10.4 Å². The number of nitrogens with zero attached hydrogens (tertiary/aromatic N) is 1. The molecule has 0 aromatic carbocycles. The fourth-order valence-electron chi connectivity index (χ4n) is 2.47. The first-order valence-electron chi connectivity index (χ1n) is 6.06. The molecule has 2 N–H and O–H groups in total. The number of carboxylic acid groups (broad SMARTS) is 1. The third-order valence-corrected chi connectivity index (χ3v) is 3.53. The maximum atomic E-state index is 12.1. The fraction of sp³-hybridized carbons (Fsp3) is 0.833. The minimum absolute atomic E-state index is 0.0544. The minimum atomic E-state index is -0.999. The summed E-state index contributed by atoms with van der Waals surface area (Å²) in [5.41, 5.74) is -1.20. The number of nitrogens with one attached hydrogen (secondary N) is 1. The molecule has 1 radical (unpaired) electrons. The molecule has 1 saturated heterocycles. The van der Waals surface area contributed by atoms with Crippen LogP contribution >= 0.6 is 0 Å². The van der Waals surface area contributed by atoms with Crippen molar-refractivity contribution in [2.75, 3.05) is 0 Å². The summed E-state index contributed by atoms with van der Waals surface area (Å²) < 4.78 is 0. The minimum Gasteiger partial charge on any atom is -0.481 e. The van der Waals surface area contributed by atoms with E-state index in [1.807, 2.05) is 13.8 Å². The van der Waals surface area contributed by atoms with Crippen LogP contribution in [0, 0.1) is 0 Å². The molecule has 0 aliphatic carbocycles. The van der Waals surface area contributed by atoms with Crippen LogP contribution < -0.4 is 5.32 Å². The summed E-state index contributed by atoms with van der Waals surface area (Å²) in [5, 5.41) is 24.4. The van der Waals surface area contributed by atoms with Crippen molar-refractivity contribution in [3.8, 4) is 0 Å². The summed E-state index contributed by atoms with van der Waals surface area (Å²) >= 11 is 0. The van der Waals surface area contributed by atoms with Gasteiger partial charge in [0.1, 0.15) is 0 Å². The van der Waals surface area contributed by atoms with Gasteiger partial charge in [-0.1, -0.05) is 0 Å². The van der Waals surface area contributed by atoms with Gasteiger partial charge in [-0.15, -0.1) is 10.3 Å². The van der Waals surface area contributed by atoms with Crippen molar-refractivity contribution >= 4 is 11.9 Å². The molecule has 1 unspecified atom stereocenters. The number of carbonyl (C=O) groups is 2. The van der Waals surface area contributed by atoms with Crippen molar-refractivity contribution < 1.29 is 19.9 Å². The van der Waals surface area contributed by atoms with Gasteiger partial charge in [0.15, 0.2) is 0 Å². The van der Waals surface area contributed by atoms with Gasteiger partial charge in [0.05, 0.1) is 18.0 Å².